The van der Waals surface area contributed by atoms with E-state index in [2.05, 4.69) is 10.3 Å². The molecule has 0 unspecified atom stereocenters. The Labute approximate surface area is 259 Å². The van der Waals surface area contributed by atoms with Gasteiger partial charge < -0.3 is 29.0 Å². The first-order valence-electron chi connectivity index (χ1n) is 14.6. The number of amides is 1. The number of carbonyl (C=O) groups excluding carboxylic acids is 5. The highest BCUT2D eigenvalue weighted by Crippen LogP contribution is 2.33. The summed E-state index contributed by atoms with van der Waals surface area (Å²) >= 11 is 0. The van der Waals surface area contributed by atoms with E-state index < -0.39 is 88.7 Å². The van der Waals surface area contributed by atoms with E-state index in [-0.39, 0.29) is 5.69 Å². The van der Waals surface area contributed by atoms with Crippen molar-refractivity contribution in [2.45, 2.75) is 114 Å². The molecule has 1 N–H and O–H groups in total. The van der Waals surface area contributed by atoms with Gasteiger partial charge in [-0.1, -0.05) is 6.07 Å². The fourth-order valence-corrected chi connectivity index (χ4v) is 3.55. The van der Waals surface area contributed by atoms with Crippen LogP contribution in [-0.4, -0.2) is 72.0 Å². The van der Waals surface area contributed by atoms with E-state index in [4.69, 9.17) is 23.7 Å². The van der Waals surface area contributed by atoms with Gasteiger partial charge in [-0.15, -0.1) is 0 Å². The van der Waals surface area contributed by atoms with Gasteiger partial charge in [-0.2, -0.15) is 0 Å². The van der Waals surface area contributed by atoms with Crippen molar-refractivity contribution in [1.82, 2.24) is 10.3 Å². The molecule has 2 rings (SSSR count). The fourth-order valence-electron chi connectivity index (χ4n) is 3.55. The maximum atomic E-state index is 13.3. The Balaban J connectivity index is 2.70. The van der Waals surface area contributed by atoms with E-state index in [0.717, 1.165) is 0 Å². The monoisotopic (exact) mass is 620 g/mol. The Kier molecular flexibility index (Phi) is 11.3. The number of ether oxygens (including phenoxy) is 5. The van der Waals surface area contributed by atoms with E-state index in [9.17, 15) is 24.0 Å². The Morgan fingerprint density at radius 2 is 1.14 bits per heavy atom. The average Bonchev–Trinajstić information content (AvgIpc) is 2.88. The van der Waals surface area contributed by atoms with Crippen LogP contribution in [0.4, 0.5) is 0 Å². The summed E-state index contributed by atoms with van der Waals surface area (Å²) in [5.74, 6) is -3.31. The fraction of sp³-hybridized carbons (Fsp3) is 0.688. The predicted octanol–water partition coefficient (Wildman–Crippen LogP) is 4.00. The number of carbonyl (C=O) groups is 5. The van der Waals surface area contributed by atoms with Gasteiger partial charge in [0.1, 0.15) is 18.4 Å². The highest BCUT2D eigenvalue weighted by atomic mass is 16.7. The summed E-state index contributed by atoms with van der Waals surface area (Å²) in [6, 6.07) is 4.73. The lowest BCUT2D eigenvalue weighted by atomic mass is 9.92. The molecule has 44 heavy (non-hydrogen) atoms. The zero-order valence-corrected chi connectivity index (χ0v) is 27.9. The second-order valence-electron chi connectivity index (χ2n) is 15.0. The standard InChI is InChI=1S/C32H48N2O10/c1-29(2,3)25(36)40-17-19-20(42-26(37)30(4,5)6)21(43-27(38)31(7,8)9)22(44-28(39)32(10,11)12)24(41-19)34-23(35)18-15-13-14-16-33-18/h13-16,19-22,24H,17H2,1-12H3,(H,34,35)/t19-,20+,21+,22+,24-/m0/s1. The topological polar surface area (TPSA) is 156 Å². The molecule has 1 fully saturated rings. The third-order valence-electron chi connectivity index (χ3n) is 6.36. The average molecular weight is 621 g/mol. The van der Waals surface area contributed by atoms with Crippen LogP contribution in [0.25, 0.3) is 0 Å². The Hall–Kier alpha value is -3.54. The summed E-state index contributed by atoms with van der Waals surface area (Å²) in [4.78, 5) is 69.8. The number of hydrogen-bond acceptors (Lipinski definition) is 11. The lowest BCUT2D eigenvalue weighted by Gasteiger charge is -2.46. The molecule has 0 radical (unpaired) electrons. The molecule has 12 heteroatoms. The Morgan fingerprint density at radius 1 is 0.682 bits per heavy atom. The van der Waals surface area contributed by atoms with Crippen LogP contribution in [0.15, 0.2) is 24.4 Å². The van der Waals surface area contributed by atoms with Gasteiger partial charge in [-0.25, -0.2) is 0 Å². The summed E-state index contributed by atoms with van der Waals surface area (Å²) in [7, 11) is 0. The minimum absolute atomic E-state index is 0.0391. The van der Waals surface area contributed by atoms with Crippen molar-refractivity contribution >= 4 is 29.8 Å². The number of aromatic nitrogens is 1. The molecule has 5 atom stereocenters. The second kappa shape index (κ2) is 13.6. The van der Waals surface area contributed by atoms with Gasteiger partial charge in [0.15, 0.2) is 24.5 Å². The Morgan fingerprint density at radius 3 is 1.57 bits per heavy atom. The van der Waals surface area contributed by atoms with Crippen LogP contribution in [0.2, 0.25) is 0 Å². The molecular formula is C32H48N2O10. The van der Waals surface area contributed by atoms with Gasteiger partial charge in [0.2, 0.25) is 0 Å². The molecule has 0 bridgehead atoms. The number of nitrogens with one attached hydrogen (secondary N) is 1. The largest absolute Gasteiger partial charge is 0.462 e. The van der Waals surface area contributed by atoms with Crippen molar-refractivity contribution in [3.63, 3.8) is 0 Å². The minimum atomic E-state index is -1.48. The number of nitrogens with zero attached hydrogens (tertiary/aromatic N) is 1. The zero-order valence-electron chi connectivity index (χ0n) is 27.9. The first-order chi connectivity index (χ1) is 19.9. The second-order valence-corrected chi connectivity index (χ2v) is 15.0. The molecule has 1 aromatic heterocycles. The number of rotatable bonds is 7. The molecule has 0 aliphatic carbocycles. The van der Waals surface area contributed by atoms with Gasteiger partial charge in [-0.3, -0.25) is 29.0 Å². The maximum Gasteiger partial charge on any atom is 0.311 e. The van der Waals surface area contributed by atoms with Crippen molar-refractivity contribution in [2.24, 2.45) is 21.7 Å². The smallest absolute Gasteiger partial charge is 0.311 e. The van der Waals surface area contributed by atoms with Crippen molar-refractivity contribution < 1.29 is 47.7 Å². The molecule has 0 aromatic carbocycles. The van der Waals surface area contributed by atoms with Gasteiger partial charge >= 0.3 is 23.9 Å². The van der Waals surface area contributed by atoms with E-state index >= 15 is 0 Å². The molecule has 12 nitrogen and oxygen atoms in total. The van der Waals surface area contributed by atoms with Crippen LogP contribution in [0.5, 0.6) is 0 Å². The molecule has 246 valence electrons. The quantitative estimate of drug-likeness (QED) is 0.347. The summed E-state index contributed by atoms with van der Waals surface area (Å²) in [5, 5.41) is 2.66. The van der Waals surface area contributed by atoms with Crippen LogP contribution in [0.1, 0.15) is 93.6 Å². The minimum Gasteiger partial charge on any atom is -0.462 e. The number of pyridine rings is 1. The summed E-state index contributed by atoms with van der Waals surface area (Å²) in [6.07, 6.45) is -5.60. The van der Waals surface area contributed by atoms with Crippen LogP contribution in [-0.2, 0) is 42.9 Å². The van der Waals surface area contributed by atoms with Crippen LogP contribution < -0.4 is 5.32 Å². The normalized spacial score (nSPS) is 22.8. The molecule has 1 saturated heterocycles. The van der Waals surface area contributed by atoms with Crippen molar-refractivity contribution in [2.75, 3.05) is 6.61 Å². The number of esters is 4. The summed E-state index contributed by atoms with van der Waals surface area (Å²) in [6.45, 7) is 19.2. The zero-order chi connectivity index (χ0) is 33.8. The van der Waals surface area contributed by atoms with Crippen molar-refractivity contribution in [3.8, 4) is 0 Å². The molecule has 1 aliphatic heterocycles. The highest BCUT2D eigenvalue weighted by molar-refractivity contribution is 5.92. The van der Waals surface area contributed by atoms with Crippen LogP contribution in [0.3, 0.4) is 0 Å². The van der Waals surface area contributed by atoms with Gasteiger partial charge in [0, 0.05) is 6.20 Å². The van der Waals surface area contributed by atoms with Gasteiger partial charge in [0.25, 0.3) is 5.91 Å². The SMILES string of the molecule is CC(C)(C)C(=O)OC[C@@H]1O[C@H](NC(=O)c2ccccn2)[C@H](OC(=O)C(C)(C)C)[C@H](OC(=O)C(C)(C)C)[C@@H]1OC(=O)C(C)(C)C. The lowest BCUT2D eigenvalue weighted by molar-refractivity contribution is -0.263. The first-order valence-corrected chi connectivity index (χ1v) is 14.6. The lowest BCUT2D eigenvalue weighted by Crippen LogP contribution is -2.67. The number of hydrogen-bond donors (Lipinski definition) is 1. The summed E-state index contributed by atoms with van der Waals surface area (Å²) in [5.41, 5.74) is -3.85. The third-order valence-corrected chi connectivity index (χ3v) is 6.36. The molecule has 0 saturated carbocycles. The van der Waals surface area contributed by atoms with Crippen LogP contribution >= 0.6 is 0 Å². The van der Waals surface area contributed by atoms with E-state index in [1.807, 2.05) is 0 Å². The first kappa shape index (κ1) is 36.7. The summed E-state index contributed by atoms with van der Waals surface area (Å²) < 4.78 is 29.5. The highest BCUT2D eigenvalue weighted by Gasteiger charge is 2.55. The molecule has 1 aromatic rings. The molecule has 1 amide bonds. The van der Waals surface area contributed by atoms with E-state index in [0.29, 0.717) is 0 Å². The molecule has 1 aliphatic rings. The molecule has 0 spiro atoms. The molecule has 2 heterocycles. The van der Waals surface area contributed by atoms with E-state index in [1.54, 1.807) is 95.2 Å². The van der Waals surface area contributed by atoms with E-state index in [1.165, 1.54) is 12.3 Å². The Bertz CT molecular complexity index is 1200. The van der Waals surface area contributed by atoms with Gasteiger partial charge in [0.05, 0.1) is 21.7 Å². The maximum absolute atomic E-state index is 13.3. The van der Waals surface area contributed by atoms with Crippen molar-refractivity contribution in [1.29, 1.82) is 0 Å². The van der Waals surface area contributed by atoms with Gasteiger partial charge in [-0.05, 0) is 95.2 Å². The van der Waals surface area contributed by atoms with Crippen molar-refractivity contribution in [3.05, 3.63) is 30.1 Å². The molecular weight excluding hydrogens is 572 g/mol. The van der Waals surface area contributed by atoms with Crippen LogP contribution in [0, 0.1) is 21.7 Å². The predicted molar refractivity (Wildman–Crippen MR) is 159 cm³/mol. The third kappa shape index (κ3) is 10.0.